The van der Waals surface area contributed by atoms with Crippen LogP contribution in [0.1, 0.15) is 37.7 Å². The molecule has 1 nitrogen and oxygen atoms in total. The fourth-order valence-electron chi connectivity index (χ4n) is 4.04. The molecule has 104 valence electrons. The Morgan fingerprint density at radius 3 is 2.79 bits per heavy atom. The van der Waals surface area contributed by atoms with Crippen LogP contribution in [0, 0.1) is 23.6 Å². The standard InChI is InChI=1S/C16H20ClFO/c17-15-4-2-11(8-16(15)18)7-14(19)9-13-6-10-1-3-12(13)5-10/h2,4,8,10,12-14,19H,1,3,5-7,9H2. The molecule has 2 saturated carbocycles. The number of benzene rings is 1. The Morgan fingerprint density at radius 2 is 2.16 bits per heavy atom. The molecule has 2 aliphatic carbocycles. The Bertz CT molecular complexity index is 462. The highest BCUT2D eigenvalue weighted by atomic mass is 35.5. The maximum atomic E-state index is 13.3. The summed E-state index contributed by atoms with van der Waals surface area (Å²) in [7, 11) is 0. The van der Waals surface area contributed by atoms with Crippen molar-refractivity contribution >= 4 is 11.6 Å². The molecule has 2 fully saturated rings. The van der Waals surface area contributed by atoms with E-state index in [0.29, 0.717) is 12.3 Å². The van der Waals surface area contributed by atoms with Crippen molar-refractivity contribution in [3.63, 3.8) is 0 Å². The fourth-order valence-corrected chi connectivity index (χ4v) is 4.15. The smallest absolute Gasteiger partial charge is 0.142 e. The molecule has 3 heteroatoms. The van der Waals surface area contributed by atoms with Gasteiger partial charge in [-0.1, -0.05) is 24.1 Å². The number of aliphatic hydroxyl groups is 1. The molecule has 1 aromatic rings. The van der Waals surface area contributed by atoms with E-state index in [1.807, 2.05) is 0 Å². The van der Waals surface area contributed by atoms with Gasteiger partial charge < -0.3 is 5.11 Å². The first-order chi connectivity index (χ1) is 9.11. The highest BCUT2D eigenvalue weighted by molar-refractivity contribution is 6.30. The summed E-state index contributed by atoms with van der Waals surface area (Å²) in [5.74, 6) is 2.04. The number of hydrogen-bond acceptors (Lipinski definition) is 1. The second-order valence-corrected chi connectivity index (χ2v) is 6.68. The number of rotatable bonds is 4. The van der Waals surface area contributed by atoms with Crippen molar-refractivity contribution in [2.45, 2.75) is 44.6 Å². The van der Waals surface area contributed by atoms with Gasteiger partial charge in [0.15, 0.2) is 0 Å². The molecule has 0 amide bonds. The summed E-state index contributed by atoms with van der Waals surface area (Å²) in [6.07, 6.45) is 6.43. The minimum atomic E-state index is -0.397. The summed E-state index contributed by atoms with van der Waals surface area (Å²) in [5, 5.41) is 10.3. The van der Waals surface area contributed by atoms with Crippen LogP contribution in [0.3, 0.4) is 0 Å². The predicted molar refractivity (Wildman–Crippen MR) is 74.7 cm³/mol. The Labute approximate surface area is 118 Å². The van der Waals surface area contributed by atoms with Crippen LogP contribution in [0.4, 0.5) is 4.39 Å². The van der Waals surface area contributed by atoms with Crippen LogP contribution in [-0.4, -0.2) is 11.2 Å². The third-order valence-corrected chi connectivity index (χ3v) is 5.22. The molecule has 1 aromatic carbocycles. The number of hydrogen-bond donors (Lipinski definition) is 1. The molecule has 0 aliphatic heterocycles. The van der Waals surface area contributed by atoms with Crippen LogP contribution in [0.15, 0.2) is 18.2 Å². The van der Waals surface area contributed by atoms with E-state index in [0.717, 1.165) is 23.8 Å². The van der Waals surface area contributed by atoms with Crippen LogP contribution in [0.2, 0.25) is 5.02 Å². The van der Waals surface area contributed by atoms with E-state index in [1.54, 1.807) is 12.1 Å². The van der Waals surface area contributed by atoms with E-state index in [2.05, 4.69) is 0 Å². The van der Waals surface area contributed by atoms with Crippen LogP contribution >= 0.6 is 11.6 Å². The van der Waals surface area contributed by atoms with E-state index in [-0.39, 0.29) is 11.1 Å². The summed E-state index contributed by atoms with van der Waals surface area (Å²) >= 11 is 5.66. The number of fused-ring (bicyclic) bond motifs is 2. The zero-order valence-corrected chi connectivity index (χ0v) is 11.7. The van der Waals surface area contributed by atoms with E-state index in [9.17, 15) is 9.50 Å². The van der Waals surface area contributed by atoms with Gasteiger partial charge in [-0.25, -0.2) is 4.39 Å². The van der Waals surface area contributed by atoms with Gasteiger partial charge in [0.05, 0.1) is 11.1 Å². The zero-order valence-electron chi connectivity index (χ0n) is 11.0. The van der Waals surface area contributed by atoms with Gasteiger partial charge in [0, 0.05) is 0 Å². The monoisotopic (exact) mass is 282 g/mol. The molecule has 0 heterocycles. The minimum Gasteiger partial charge on any atom is -0.393 e. The van der Waals surface area contributed by atoms with Crippen molar-refractivity contribution in [2.75, 3.05) is 0 Å². The van der Waals surface area contributed by atoms with Crippen LogP contribution in [0.25, 0.3) is 0 Å². The lowest BCUT2D eigenvalue weighted by Gasteiger charge is -2.24. The summed E-state index contributed by atoms with van der Waals surface area (Å²) in [4.78, 5) is 0. The molecule has 4 atom stereocenters. The Kier molecular flexibility index (Phi) is 3.81. The summed E-state index contributed by atoms with van der Waals surface area (Å²) in [6.45, 7) is 0. The lowest BCUT2D eigenvalue weighted by Crippen LogP contribution is -2.20. The van der Waals surface area contributed by atoms with E-state index < -0.39 is 5.82 Å². The minimum absolute atomic E-state index is 0.145. The first-order valence-electron chi connectivity index (χ1n) is 7.24. The highest BCUT2D eigenvalue weighted by Gasteiger charge is 2.39. The highest BCUT2D eigenvalue weighted by Crippen LogP contribution is 2.49. The summed E-state index contributed by atoms with van der Waals surface area (Å²) in [5.41, 5.74) is 0.831. The van der Waals surface area contributed by atoms with Gasteiger partial charge in [0.25, 0.3) is 0 Å². The van der Waals surface area contributed by atoms with Crippen molar-refractivity contribution < 1.29 is 9.50 Å². The zero-order chi connectivity index (χ0) is 13.4. The molecule has 0 spiro atoms. The maximum absolute atomic E-state index is 13.3. The Balaban J connectivity index is 1.56. The van der Waals surface area contributed by atoms with Crippen molar-refractivity contribution in [1.29, 1.82) is 0 Å². The topological polar surface area (TPSA) is 20.2 Å². The maximum Gasteiger partial charge on any atom is 0.142 e. The van der Waals surface area contributed by atoms with Crippen LogP contribution in [-0.2, 0) is 6.42 Å². The van der Waals surface area contributed by atoms with Crippen LogP contribution in [0.5, 0.6) is 0 Å². The Morgan fingerprint density at radius 1 is 1.32 bits per heavy atom. The Hall–Kier alpha value is -0.600. The molecule has 0 saturated heterocycles. The van der Waals surface area contributed by atoms with Gasteiger partial charge in [-0.2, -0.15) is 0 Å². The van der Waals surface area contributed by atoms with Gasteiger partial charge in [0.1, 0.15) is 5.82 Å². The molecule has 3 rings (SSSR count). The largest absolute Gasteiger partial charge is 0.393 e. The molecule has 2 aliphatic rings. The molecule has 19 heavy (non-hydrogen) atoms. The van der Waals surface area contributed by atoms with Crippen molar-refractivity contribution in [2.24, 2.45) is 17.8 Å². The molecule has 2 bridgehead atoms. The molecular weight excluding hydrogens is 263 g/mol. The second kappa shape index (κ2) is 5.41. The quantitative estimate of drug-likeness (QED) is 0.877. The second-order valence-electron chi connectivity index (χ2n) is 6.28. The van der Waals surface area contributed by atoms with E-state index in [1.165, 1.54) is 31.7 Å². The van der Waals surface area contributed by atoms with Crippen LogP contribution < -0.4 is 0 Å². The predicted octanol–water partition coefficient (Wildman–Crippen LogP) is 4.21. The fraction of sp³-hybridized carbons (Fsp3) is 0.625. The van der Waals surface area contributed by atoms with Gasteiger partial charge in [-0.05, 0) is 67.6 Å². The molecule has 0 radical (unpaired) electrons. The molecule has 4 unspecified atom stereocenters. The van der Waals surface area contributed by atoms with Gasteiger partial charge in [-0.15, -0.1) is 0 Å². The van der Waals surface area contributed by atoms with Gasteiger partial charge >= 0.3 is 0 Å². The number of halogens is 2. The SMILES string of the molecule is OC(Cc1ccc(Cl)c(F)c1)CC1CC2CCC1C2. The summed E-state index contributed by atoms with van der Waals surface area (Å²) in [6, 6.07) is 4.80. The lowest BCUT2D eigenvalue weighted by atomic mass is 9.84. The lowest BCUT2D eigenvalue weighted by molar-refractivity contribution is 0.124. The third-order valence-electron chi connectivity index (χ3n) is 4.91. The van der Waals surface area contributed by atoms with Crippen molar-refractivity contribution in [1.82, 2.24) is 0 Å². The molecule has 1 N–H and O–H groups in total. The van der Waals surface area contributed by atoms with Crippen molar-refractivity contribution in [3.8, 4) is 0 Å². The normalized spacial score (nSPS) is 30.8. The van der Waals surface area contributed by atoms with Gasteiger partial charge in [0.2, 0.25) is 0 Å². The van der Waals surface area contributed by atoms with E-state index >= 15 is 0 Å². The molecule has 0 aromatic heterocycles. The molecular formula is C16H20ClFO. The average Bonchev–Trinajstić information content (AvgIpc) is 2.96. The van der Waals surface area contributed by atoms with E-state index in [4.69, 9.17) is 11.6 Å². The number of aliphatic hydroxyl groups excluding tert-OH is 1. The first kappa shape index (κ1) is 13.4. The average molecular weight is 283 g/mol. The summed E-state index contributed by atoms with van der Waals surface area (Å²) < 4.78 is 13.3. The van der Waals surface area contributed by atoms with Crippen molar-refractivity contribution in [3.05, 3.63) is 34.6 Å². The first-order valence-corrected chi connectivity index (χ1v) is 7.61. The third kappa shape index (κ3) is 2.95. The van der Waals surface area contributed by atoms with Gasteiger partial charge in [-0.3, -0.25) is 0 Å².